The molecule has 0 spiro atoms. The fraction of sp³-hybridized carbons (Fsp3) is 0.500. The molecule has 15 heavy (non-hydrogen) atoms. The summed E-state index contributed by atoms with van der Waals surface area (Å²) >= 11 is 3.48. The number of benzene rings is 1. The minimum Gasteiger partial charge on any atom is -0.385 e. The van der Waals surface area contributed by atoms with Crippen molar-refractivity contribution >= 4 is 15.9 Å². The van der Waals surface area contributed by atoms with Crippen molar-refractivity contribution in [1.82, 2.24) is 0 Å². The lowest BCUT2D eigenvalue weighted by atomic mass is 10.0. The van der Waals surface area contributed by atoms with Gasteiger partial charge in [-0.2, -0.15) is 0 Å². The molecule has 84 valence electrons. The van der Waals surface area contributed by atoms with Gasteiger partial charge in [-0.15, -0.1) is 0 Å². The van der Waals surface area contributed by atoms with Crippen molar-refractivity contribution < 1.29 is 4.74 Å². The van der Waals surface area contributed by atoms with E-state index in [1.165, 1.54) is 11.1 Å². The largest absolute Gasteiger partial charge is 0.385 e. The van der Waals surface area contributed by atoms with Crippen molar-refractivity contribution in [1.29, 1.82) is 0 Å². The smallest absolute Gasteiger partial charge is 0.0462 e. The quantitative estimate of drug-likeness (QED) is 0.835. The number of nitrogens with two attached hydrogens (primary N) is 1. The molecule has 0 aliphatic rings. The van der Waals surface area contributed by atoms with Crippen LogP contribution in [0.1, 0.15) is 30.0 Å². The average molecular weight is 272 g/mol. The zero-order chi connectivity index (χ0) is 11.3. The van der Waals surface area contributed by atoms with Gasteiger partial charge >= 0.3 is 0 Å². The third-order valence-electron chi connectivity index (χ3n) is 2.47. The summed E-state index contributed by atoms with van der Waals surface area (Å²) in [5.41, 5.74) is 8.52. The number of ether oxygens (including phenoxy) is 1. The highest BCUT2D eigenvalue weighted by Crippen LogP contribution is 2.22. The number of rotatable bonds is 5. The van der Waals surface area contributed by atoms with E-state index in [2.05, 4.69) is 41.1 Å². The summed E-state index contributed by atoms with van der Waals surface area (Å²) in [5.74, 6) is 0. The zero-order valence-electron chi connectivity index (χ0n) is 9.29. The van der Waals surface area contributed by atoms with Crippen LogP contribution in [-0.4, -0.2) is 13.7 Å². The molecule has 0 fully saturated rings. The van der Waals surface area contributed by atoms with E-state index in [4.69, 9.17) is 10.5 Å². The molecule has 0 saturated heterocycles. The number of methoxy groups -OCH3 is 1. The maximum atomic E-state index is 6.08. The van der Waals surface area contributed by atoms with E-state index in [-0.39, 0.29) is 6.04 Å². The Morgan fingerprint density at radius 1 is 1.47 bits per heavy atom. The fourth-order valence-corrected chi connectivity index (χ4v) is 1.76. The summed E-state index contributed by atoms with van der Waals surface area (Å²) in [7, 11) is 1.72. The minimum atomic E-state index is 0.118. The third-order valence-corrected chi connectivity index (χ3v) is 3.36. The van der Waals surface area contributed by atoms with Gasteiger partial charge in [0.25, 0.3) is 0 Å². The molecule has 1 rings (SSSR count). The summed E-state index contributed by atoms with van der Waals surface area (Å²) in [5, 5.41) is 0. The first kappa shape index (κ1) is 12.7. The van der Waals surface area contributed by atoms with Gasteiger partial charge in [0.05, 0.1) is 0 Å². The molecule has 1 unspecified atom stereocenters. The topological polar surface area (TPSA) is 35.2 Å². The molecule has 0 radical (unpaired) electrons. The van der Waals surface area contributed by atoms with E-state index in [9.17, 15) is 0 Å². The van der Waals surface area contributed by atoms with Gasteiger partial charge in [-0.3, -0.25) is 0 Å². The van der Waals surface area contributed by atoms with Crippen LogP contribution in [0.3, 0.4) is 0 Å². The predicted molar refractivity (Wildman–Crippen MR) is 66.9 cm³/mol. The third kappa shape index (κ3) is 3.93. The van der Waals surface area contributed by atoms with Crippen molar-refractivity contribution in [2.24, 2.45) is 5.73 Å². The van der Waals surface area contributed by atoms with Crippen molar-refractivity contribution in [3.8, 4) is 0 Å². The maximum Gasteiger partial charge on any atom is 0.0462 e. The molecule has 2 N–H and O–H groups in total. The number of hydrogen-bond donors (Lipinski definition) is 1. The number of hydrogen-bond acceptors (Lipinski definition) is 2. The summed E-state index contributed by atoms with van der Waals surface area (Å²) in [6.07, 6.45) is 1.97. The highest BCUT2D eigenvalue weighted by atomic mass is 79.9. The summed E-state index contributed by atoms with van der Waals surface area (Å²) in [6.45, 7) is 2.86. The van der Waals surface area contributed by atoms with Crippen LogP contribution < -0.4 is 5.73 Å². The zero-order valence-corrected chi connectivity index (χ0v) is 10.9. The van der Waals surface area contributed by atoms with Gasteiger partial charge in [-0.1, -0.05) is 28.1 Å². The van der Waals surface area contributed by atoms with Crippen LogP contribution in [0.25, 0.3) is 0 Å². The van der Waals surface area contributed by atoms with E-state index in [1.54, 1.807) is 7.11 Å². The molecule has 0 heterocycles. The SMILES string of the molecule is COCCCC(N)c1ccc(Br)c(C)c1. The Morgan fingerprint density at radius 2 is 2.20 bits per heavy atom. The van der Waals surface area contributed by atoms with Gasteiger partial charge < -0.3 is 10.5 Å². The first-order valence-corrected chi connectivity index (χ1v) is 5.95. The van der Waals surface area contributed by atoms with Crippen LogP contribution in [0.4, 0.5) is 0 Å². The van der Waals surface area contributed by atoms with Crippen LogP contribution in [0.2, 0.25) is 0 Å². The van der Waals surface area contributed by atoms with Crippen LogP contribution in [0.15, 0.2) is 22.7 Å². The Bertz CT molecular complexity index is 314. The number of aryl methyl sites for hydroxylation is 1. The second-order valence-corrected chi connectivity index (χ2v) is 4.60. The summed E-state index contributed by atoms with van der Waals surface area (Å²) in [6, 6.07) is 6.39. The first-order valence-electron chi connectivity index (χ1n) is 5.15. The number of halogens is 1. The molecule has 0 saturated carbocycles. The van der Waals surface area contributed by atoms with Gasteiger partial charge in [0, 0.05) is 24.2 Å². The van der Waals surface area contributed by atoms with Crippen LogP contribution in [-0.2, 0) is 4.74 Å². The standard InChI is InChI=1S/C12H18BrNO/c1-9-8-10(5-6-11(9)13)12(14)4-3-7-15-2/h5-6,8,12H,3-4,7,14H2,1-2H3. The lowest BCUT2D eigenvalue weighted by molar-refractivity contribution is 0.190. The lowest BCUT2D eigenvalue weighted by Crippen LogP contribution is -2.11. The van der Waals surface area contributed by atoms with Crippen molar-refractivity contribution in [3.63, 3.8) is 0 Å². The summed E-state index contributed by atoms with van der Waals surface area (Å²) < 4.78 is 6.14. The van der Waals surface area contributed by atoms with Crippen molar-refractivity contribution in [2.75, 3.05) is 13.7 Å². The lowest BCUT2D eigenvalue weighted by Gasteiger charge is -2.12. The van der Waals surface area contributed by atoms with E-state index >= 15 is 0 Å². The molecule has 0 aliphatic carbocycles. The fourth-order valence-electron chi connectivity index (χ4n) is 1.51. The Hall–Kier alpha value is -0.380. The molecule has 0 aromatic heterocycles. The van der Waals surface area contributed by atoms with Crippen LogP contribution >= 0.6 is 15.9 Å². The van der Waals surface area contributed by atoms with Crippen molar-refractivity contribution in [2.45, 2.75) is 25.8 Å². The van der Waals surface area contributed by atoms with E-state index in [0.717, 1.165) is 23.9 Å². The Balaban J connectivity index is 2.57. The molecule has 0 aliphatic heterocycles. The Morgan fingerprint density at radius 3 is 2.80 bits per heavy atom. The molecule has 3 heteroatoms. The molecule has 1 atom stereocenters. The minimum absolute atomic E-state index is 0.118. The normalized spacial score (nSPS) is 12.8. The van der Waals surface area contributed by atoms with E-state index in [1.807, 2.05) is 0 Å². The van der Waals surface area contributed by atoms with Gasteiger partial charge in [0.15, 0.2) is 0 Å². The maximum absolute atomic E-state index is 6.08. The van der Waals surface area contributed by atoms with E-state index < -0.39 is 0 Å². The molecular formula is C12H18BrNO. The van der Waals surface area contributed by atoms with Gasteiger partial charge in [-0.25, -0.2) is 0 Å². The average Bonchev–Trinajstić information content (AvgIpc) is 2.22. The van der Waals surface area contributed by atoms with E-state index in [0.29, 0.717) is 0 Å². The Labute approximate surface area is 99.9 Å². The molecular weight excluding hydrogens is 254 g/mol. The van der Waals surface area contributed by atoms with Gasteiger partial charge in [0.1, 0.15) is 0 Å². The highest BCUT2D eigenvalue weighted by molar-refractivity contribution is 9.10. The first-order chi connectivity index (χ1) is 7.15. The van der Waals surface area contributed by atoms with Crippen LogP contribution in [0, 0.1) is 6.92 Å². The van der Waals surface area contributed by atoms with Gasteiger partial charge in [-0.05, 0) is 37.0 Å². The predicted octanol–water partition coefficient (Wildman–Crippen LogP) is 3.18. The molecule has 1 aromatic rings. The highest BCUT2D eigenvalue weighted by Gasteiger charge is 2.06. The van der Waals surface area contributed by atoms with Gasteiger partial charge in [0.2, 0.25) is 0 Å². The second kappa shape index (κ2) is 6.26. The summed E-state index contributed by atoms with van der Waals surface area (Å²) in [4.78, 5) is 0. The molecule has 0 bridgehead atoms. The molecule has 2 nitrogen and oxygen atoms in total. The second-order valence-electron chi connectivity index (χ2n) is 3.75. The van der Waals surface area contributed by atoms with Crippen LogP contribution in [0.5, 0.6) is 0 Å². The van der Waals surface area contributed by atoms with Crippen molar-refractivity contribution in [3.05, 3.63) is 33.8 Å². The molecule has 0 amide bonds. The molecule has 1 aromatic carbocycles. The monoisotopic (exact) mass is 271 g/mol. The Kier molecular flexibility index (Phi) is 5.29.